The predicted molar refractivity (Wildman–Crippen MR) is 90.5 cm³/mol. The number of azo groups is 1. The monoisotopic (exact) mass is 358 g/mol. The lowest BCUT2D eigenvalue weighted by Gasteiger charge is -2.03. The average molecular weight is 359 g/mol. The fourth-order valence-electron chi connectivity index (χ4n) is 2.22. The van der Waals surface area contributed by atoms with Crippen molar-refractivity contribution in [2.45, 2.75) is 6.54 Å². The number of aromatic nitrogens is 3. The van der Waals surface area contributed by atoms with Crippen LogP contribution in [-0.4, -0.2) is 16.9 Å². The summed E-state index contributed by atoms with van der Waals surface area (Å²) in [7, 11) is 3.57. The van der Waals surface area contributed by atoms with E-state index in [4.69, 9.17) is 10.5 Å². The second-order valence-corrected chi connectivity index (χ2v) is 5.32. The molecule has 1 aromatic carbocycles. The molecule has 25 heavy (non-hydrogen) atoms. The van der Waals surface area contributed by atoms with Crippen molar-refractivity contribution in [1.82, 2.24) is 9.78 Å². The maximum absolute atomic E-state index is 6.13. The first-order valence-electron chi connectivity index (χ1n) is 7.47. The van der Waals surface area contributed by atoms with Gasteiger partial charge < -0.3 is 22.9 Å². The molecule has 3 rings (SSSR count). The lowest BCUT2D eigenvalue weighted by Crippen LogP contribution is -3.00. The molecule has 3 aromatic rings. The third-order valence-electron chi connectivity index (χ3n) is 3.59. The number of rotatable bonds is 5. The number of nitrogens with two attached hydrogens (primary N) is 1. The van der Waals surface area contributed by atoms with Crippen LogP contribution < -0.4 is 27.4 Å². The van der Waals surface area contributed by atoms with Gasteiger partial charge in [0.15, 0.2) is 12.4 Å². The number of hydrogen-bond acceptors (Lipinski definition) is 5. The molecule has 0 bridgehead atoms. The minimum atomic E-state index is 0. The van der Waals surface area contributed by atoms with E-state index in [1.54, 1.807) is 18.0 Å². The molecule has 0 aliphatic rings. The number of halogens is 1. The van der Waals surface area contributed by atoms with Crippen molar-refractivity contribution in [3.8, 4) is 5.75 Å². The van der Waals surface area contributed by atoms with Gasteiger partial charge in [0.2, 0.25) is 0 Å². The summed E-state index contributed by atoms with van der Waals surface area (Å²) in [5.74, 6) is 1.13. The summed E-state index contributed by atoms with van der Waals surface area (Å²) >= 11 is 0. The first-order chi connectivity index (χ1) is 11.7. The molecular formula is C17H19ClN6O. The standard InChI is InChI=1S/C17H19N6O.ClH/c1-22-9-7-13(8-10-22)12-23-17(18)15(11-19-23)21-20-14-5-3-4-6-16(14)24-2;/h3-11H,12,18H2,1-2H3;1H/q+1;/p-1/b21-20+;. The Morgan fingerprint density at radius 3 is 2.52 bits per heavy atom. The molecule has 130 valence electrons. The number of para-hydroxylation sites is 1. The summed E-state index contributed by atoms with van der Waals surface area (Å²) in [5.41, 5.74) is 8.40. The van der Waals surface area contributed by atoms with Gasteiger partial charge in [0.05, 0.1) is 19.9 Å². The zero-order chi connectivity index (χ0) is 16.9. The number of ether oxygens (including phenoxy) is 1. The van der Waals surface area contributed by atoms with Gasteiger partial charge >= 0.3 is 0 Å². The van der Waals surface area contributed by atoms with Crippen molar-refractivity contribution in [2.75, 3.05) is 12.8 Å². The Balaban J connectivity index is 0.00000225. The molecule has 0 saturated heterocycles. The van der Waals surface area contributed by atoms with E-state index in [1.807, 2.05) is 60.4 Å². The van der Waals surface area contributed by atoms with Gasteiger partial charge in [-0.25, -0.2) is 9.25 Å². The molecule has 0 atom stereocenters. The van der Waals surface area contributed by atoms with Crippen LogP contribution in [0.4, 0.5) is 17.2 Å². The highest BCUT2D eigenvalue weighted by Gasteiger charge is 2.08. The van der Waals surface area contributed by atoms with E-state index < -0.39 is 0 Å². The van der Waals surface area contributed by atoms with Crippen LogP contribution in [0.25, 0.3) is 0 Å². The van der Waals surface area contributed by atoms with E-state index in [9.17, 15) is 0 Å². The third-order valence-corrected chi connectivity index (χ3v) is 3.59. The number of pyridine rings is 1. The summed E-state index contributed by atoms with van der Waals surface area (Å²) in [5, 5.41) is 12.7. The van der Waals surface area contributed by atoms with E-state index in [0.717, 1.165) is 5.56 Å². The van der Waals surface area contributed by atoms with Crippen molar-refractivity contribution >= 4 is 17.2 Å². The van der Waals surface area contributed by atoms with E-state index >= 15 is 0 Å². The zero-order valence-electron chi connectivity index (χ0n) is 14.0. The summed E-state index contributed by atoms with van der Waals surface area (Å²) in [6.07, 6.45) is 5.58. The molecule has 8 heteroatoms. The molecule has 2 heterocycles. The molecule has 0 saturated carbocycles. The number of aryl methyl sites for hydroxylation is 1. The van der Waals surface area contributed by atoms with E-state index in [1.165, 1.54) is 0 Å². The Kier molecular flexibility index (Phi) is 6.08. The van der Waals surface area contributed by atoms with Gasteiger partial charge in [0.25, 0.3) is 0 Å². The molecule has 7 nitrogen and oxygen atoms in total. The molecule has 2 aromatic heterocycles. The Labute approximate surface area is 152 Å². The fraction of sp³-hybridized carbons (Fsp3) is 0.176. The minimum absolute atomic E-state index is 0. The first kappa shape index (κ1) is 18.4. The van der Waals surface area contributed by atoms with Gasteiger partial charge in [-0.3, -0.25) is 0 Å². The number of nitrogen functional groups attached to an aromatic ring is 1. The molecule has 0 radical (unpaired) electrons. The lowest BCUT2D eigenvalue weighted by atomic mass is 10.3. The highest BCUT2D eigenvalue weighted by atomic mass is 35.5. The second-order valence-electron chi connectivity index (χ2n) is 5.32. The fourth-order valence-corrected chi connectivity index (χ4v) is 2.22. The van der Waals surface area contributed by atoms with Crippen LogP contribution in [0, 0.1) is 0 Å². The van der Waals surface area contributed by atoms with Crippen molar-refractivity contribution in [2.24, 2.45) is 17.3 Å². The van der Waals surface area contributed by atoms with Crippen LogP contribution in [0.2, 0.25) is 0 Å². The van der Waals surface area contributed by atoms with Gasteiger partial charge in [-0.2, -0.15) is 5.10 Å². The molecule has 2 N–H and O–H groups in total. The number of nitrogens with zero attached hydrogens (tertiary/aromatic N) is 5. The van der Waals surface area contributed by atoms with Crippen LogP contribution in [0.1, 0.15) is 5.56 Å². The number of methoxy groups -OCH3 is 1. The van der Waals surface area contributed by atoms with Crippen LogP contribution >= 0.6 is 0 Å². The van der Waals surface area contributed by atoms with Crippen molar-refractivity contribution in [1.29, 1.82) is 0 Å². The largest absolute Gasteiger partial charge is 1.00 e. The number of benzene rings is 1. The van der Waals surface area contributed by atoms with E-state index in [0.29, 0.717) is 29.5 Å². The molecule has 0 spiro atoms. The van der Waals surface area contributed by atoms with Crippen molar-refractivity contribution in [3.05, 3.63) is 60.6 Å². The smallest absolute Gasteiger partial charge is 0.168 e. The van der Waals surface area contributed by atoms with Crippen LogP contribution in [-0.2, 0) is 13.6 Å². The van der Waals surface area contributed by atoms with Gasteiger partial charge in [-0.05, 0) is 17.7 Å². The van der Waals surface area contributed by atoms with Gasteiger partial charge in [-0.15, -0.1) is 10.2 Å². The summed E-state index contributed by atoms with van der Waals surface area (Å²) in [6, 6.07) is 11.5. The first-order valence-corrected chi connectivity index (χ1v) is 7.47. The second kappa shape index (κ2) is 8.25. The van der Waals surface area contributed by atoms with Gasteiger partial charge in [0, 0.05) is 12.1 Å². The lowest BCUT2D eigenvalue weighted by molar-refractivity contribution is -0.671. The molecule has 0 amide bonds. The minimum Gasteiger partial charge on any atom is -1.00 e. The third kappa shape index (κ3) is 4.33. The van der Waals surface area contributed by atoms with E-state index in [2.05, 4.69) is 15.3 Å². The van der Waals surface area contributed by atoms with Gasteiger partial charge in [0.1, 0.15) is 30.0 Å². The quantitative estimate of drug-likeness (QED) is 0.505. The summed E-state index contributed by atoms with van der Waals surface area (Å²) < 4.78 is 8.93. The Morgan fingerprint density at radius 2 is 1.80 bits per heavy atom. The van der Waals surface area contributed by atoms with Crippen molar-refractivity contribution in [3.63, 3.8) is 0 Å². The topological polar surface area (TPSA) is 81.7 Å². The molecule has 0 aliphatic heterocycles. The Morgan fingerprint density at radius 1 is 1.12 bits per heavy atom. The maximum Gasteiger partial charge on any atom is 0.168 e. The summed E-state index contributed by atoms with van der Waals surface area (Å²) in [6.45, 7) is 0.580. The van der Waals surface area contributed by atoms with E-state index in [-0.39, 0.29) is 12.4 Å². The zero-order valence-corrected chi connectivity index (χ0v) is 14.8. The Hall–Kier alpha value is -2.93. The number of hydrogen-bond donors (Lipinski definition) is 1. The van der Waals surface area contributed by atoms with Crippen LogP contribution in [0.15, 0.2) is 65.2 Å². The highest BCUT2D eigenvalue weighted by Crippen LogP contribution is 2.30. The molecule has 0 fully saturated rings. The maximum atomic E-state index is 6.13. The predicted octanol–water partition coefficient (Wildman–Crippen LogP) is -0.234. The normalized spacial score (nSPS) is 10.6. The average Bonchev–Trinajstić information content (AvgIpc) is 2.95. The SMILES string of the molecule is COc1ccccc1/N=N/c1cnn(Cc2cc[n+](C)cc2)c1N.[Cl-]. The number of anilines is 1. The van der Waals surface area contributed by atoms with Gasteiger partial charge in [-0.1, -0.05) is 12.1 Å². The molecule has 0 aliphatic carbocycles. The molecule has 0 unspecified atom stereocenters. The molecular weight excluding hydrogens is 340 g/mol. The Bertz CT molecular complexity index is 860. The van der Waals surface area contributed by atoms with Crippen LogP contribution in [0.3, 0.4) is 0 Å². The van der Waals surface area contributed by atoms with Crippen molar-refractivity contribution < 1.29 is 21.7 Å². The summed E-state index contributed by atoms with van der Waals surface area (Å²) in [4.78, 5) is 0. The highest BCUT2D eigenvalue weighted by molar-refractivity contribution is 5.57. The van der Waals surface area contributed by atoms with Crippen LogP contribution in [0.5, 0.6) is 5.75 Å².